The van der Waals surface area contributed by atoms with E-state index in [1.807, 2.05) is 43.0 Å². The third-order valence-corrected chi connectivity index (χ3v) is 4.94. The molecule has 1 aromatic heterocycles. The minimum absolute atomic E-state index is 0.118. The Balaban J connectivity index is 1.59. The van der Waals surface area contributed by atoms with Crippen LogP contribution in [0.4, 0.5) is 5.69 Å². The van der Waals surface area contributed by atoms with Crippen molar-refractivity contribution in [3.63, 3.8) is 0 Å². The maximum Gasteiger partial charge on any atom is 0.276 e. The fourth-order valence-corrected chi connectivity index (χ4v) is 3.45. The number of benzene rings is 1. The summed E-state index contributed by atoms with van der Waals surface area (Å²) in [5.74, 6) is -0.118. The van der Waals surface area contributed by atoms with Gasteiger partial charge in [-0.15, -0.1) is 5.10 Å². The summed E-state index contributed by atoms with van der Waals surface area (Å²) in [5.41, 5.74) is 2.03. The molecule has 2 heterocycles. The van der Waals surface area contributed by atoms with E-state index in [0.717, 1.165) is 25.2 Å². The van der Waals surface area contributed by atoms with Gasteiger partial charge in [-0.25, -0.2) is 4.68 Å². The first-order valence-electron chi connectivity index (χ1n) is 10.3. The topological polar surface area (TPSA) is 96.5 Å². The van der Waals surface area contributed by atoms with Gasteiger partial charge in [-0.2, -0.15) is 5.26 Å². The lowest BCUT2D eigenvalue weighted by Crippen LogP contribution is -2.35. The lowest BCUT2D eigenvalue weighted by molar-refractivity contribution is -0.145. The number of ether oxygens (including phenoxy) is 2. The molecule has 0 atom stereocenters. The van der Waals surface area contributed by atoms with Crippen LogP contribution >= 0.6 is 0 Å². The van der Waals surface area contributed by atoms with E-state index in [4.69, 9.17) is 14.7 Å². The molecule has 0 N–H and O–H groups in total. The molecule has 0 spiro atoms. The Hall–Kier alpha value is -2.96. The van der Waals surface area contributed by atoms with Crippen molar-refractivity contribution in [2.45, 2.75) is 33.1 Å². The van der Waals surface area contributed by atoms with Crippen LogP contribution in [0.1, 0.15) is 36.3 Å². The van der Waals surface area contributed by atoms with Crippen LogP contribution in [0.3, 0.4) is 0 Å². The molecule has 1 amide bonds. The third-order valence-electron chi connectivity index (χ3n) is 4.94. The van der Waals surface area contributed by atoms with Crippen molar-refractivity contribution < 1.29 is 14.3 Å². The van der Waals surface area contributed by atoms with Crippen LogP contribution in [0.15, 0.2) is 30.5 Å². The second-order valence-corrected chi connectivity index (χ2v) is 6.96. The molecule has 0 unspecified atom stereocenters. The Kier molecular flexibility index (Phi) is 7.76. The maximum absolute atomic E-state index is 12.9. The van der Waals surface area contributed by atoms with E-state index in [9.17, 15) is 4.79 Å². The fourth-order valence-electron chi connectivity index (χ4n) is 3.45. The number of aromatic nitrogens is 3. The molecule has 9 nitrogen and oxygen atoms in total. The molecular formula is C21H28N6O3. The molecule has 0 aliphatic carbocycles. The van der Waals surface area contributed by atoms with Gasteiger partial charge in [-0.3, -0.25) is 4.79 Å². The summed E-state index contributed by atoms with van der Waals surface area (Å²) in [6.45, 7) is 8.11. The van der Waals surface area contributed by atoms with E-state index >= 15 is 0 Å². The minimum Gasteiger partial charge on any atom is -0.370 e. The summed E-state index contributed by atoms with van der Waals surface area (Å²) in [6.07, 6.45) is 2.09. The second kappa shape index (κ2) is 10.7. The van der Waals surface area contributed by atoms with Crippen molar-refractivity contribution >= 4 is 11.6 Å². The van der Waals surface area contributed by atoms with E-state index in [-0.39, 0.29) is 5.91 Å². The van der Waals surface area contributed by atoms with Crippen LogP contribution in [-0.4, -0.2) is 71.5 Å². The van der Waals surface area contributed by atoms with E-state index in [0.29, 0.717) is 44.1 Å². The lowest BCUT2D eigenvalue weighted by Gasteiger charge is -2.23. The summed E-state index contributed by atoms with van der Waals surface area (Å²) in [4.78, 5) is 17.0. The molecule has 160 valence electrons. The van der Waals surface area contributed by atoms with Gasteiger partial charge in [-0.05, 0) is 44.5 Å². The summed E-state index contributed by atoms with van der Waals surface area (Å²) < 4.78 is 12.6. The van der Waals surface area contributed by atoms with Crippen LogP contribution in [0.25, 0.3) is 0 Å². The first-order chi connectivity index (χ1) is 14.6. The average Bonchev–Trinajstić information content (AvgIpc) is 3.09. The molecule has 3 rings (SSSR count). The minimum atomic E-state index is -0.413. The van der Waals surface area contributed by atoms with Crippen LogP contribution in [0.5, 0.6) is 0 Å². The quantitative estimate of drug-likeness (QED) is 0.611. The van der Waals surface area contributed by atoms with Crippen molar-refractivity contribution in [2.75, 3.05) is 44.3 Å². The SMILES string of the molecule is CCOC(Cn1cc(C(=O)N2CCCN(c3ccc(C#N)cc3)CC2)nn1)OCC. The molecule has 2 aromatic rings. The number of hydrogen-bond donors (Lipinski definition) is 0. The Morgan fingerprint density at radius 1 is 1.13 bits per heavy atom. The summed E-state index contributed by atoms with van der Waals surface area (Å²) in [7, 11) is 0. The molecule has 0 bridgehead atoms. The molecule has 1 aliphatic heterocycles. The summed E-state index contributed by atoms with van der Waals surface area (Å²) in [5, 5.41) is 17.1. The van der Waals surface area contributed by atoms with Crippen molar-refractivity contribution in [3.05, 3.63) is 41.7 Å². The van der Waals surface area contributed by atoms with Crippen molar-refractivity contribution in [1.82, 2.24) is 19.9 Å². The molecule has 1 fully saturated rings. The van der Waals surface area contributed by atoms with Crippen molar-refractivity contribution in [3.8, 4) is 6.07 Å². The number of amides is 1. The second-order valence-electron chi connectivity index (χ2n) is 6.96. The first-order valence-corrected chi connectivity index (χ1v) is 10.3. The highest BCUT2D eigenvalue weighted by Gasteiger charge is 2.23. The summed E-state index contributed by atoms with van der Waals surface area (Å²) in [6, 6.07) is 9.68. The van der Waals surface area contributed by atoms with Gasteiger partial charge in [-0.1, -0.05) is 5.21 Å². The van der Waals surface area contributed by atoms with Crippen molar-refractivity contribution in [2.24, 2.45) is 0 Å². The number of nitriles is 1. The molecule has 9 heteroatoms. The number of carbonyl (C=O) groups is 1. The van der Waals surface area contributed by atoms with Gasteiger partial charge in [0.15, 0.2) is 12.0 Å². The Morgan fingerprint density at radius 3 is 2.53 bits per heavy atom. The molecule has 1 aromatic carbocycles. The lowest BCUT2D eigenvalue weighted by atomic mass is 10.2. The highest BCUT2D eigenvalue weighted by atomic mass is 16.7. The predicted molar refractivity (Wildman–Crippen MR) is 111 cm³/mol. The molecule has 0 saturated carbocycles. The third kappa shape index (κ3) is 5.55. The zero-order chi connectivity index (χ0) is 21.3. The maximum atomic E-state index is 12.9. The predicted octanol–water partition coefficient (Wildman–Crippen LogP) is 1.90. The Morgan fingerprint density at radius 2 is 1.87 bits per heavy atom. The molecule has 1 saturated heterocycles. The van der Waals surface area contributed by atoms with E-state index in [2.05, 4.69) is 21.3 Å². The first kappa shape index (κ1) is 21.7. The Bertz CT molecular complexity index is 854. The van der Waals surface area contributed by atoms with Gasteiger partial charge in [0.25, 0.3) is 5.91 Å². The zero-order valence-electron chi connectivity index (χ0n) is 17.5. The number of nitrogens with zero attached hydrogens (tertiary/aromatic N) is 6. The van der Waals surface area contributed by atoms with E-state index in [1.54, 1.807) is 10.9 Å². The highest BCUT2D eigenvalue weighted by Crippen LogP contribution is 2.18. The number of hydrogen-bond acceptors (Lipinski definition) is 7. The average molecular weight is 412 g/mol. The molecule has 1 aliphatic rings. The molecule has 30 heavy (non-hydrogen) atoms. The number of rotatable bonds is 8. The van der Waals surface area contributed by atoms with Gasteiger partial charge in [0.1, 0.15) is 0 Å². The molecular weight excluding hydrogens is 384 g/mol. The Labute approximate surface area is 176 Å². The largest absolute Gasteiger partial charge is 0.370 e. The highest BCUT2D eigenvalue weighted by molar-refractivity contribution is 5.92. The van der Waals surface area contributed by atoms with Crippen LogP contribution < -0.4 is 4.90 Å². The zero-order valence-corrected chi connectivity index (χ0v) is 17.5. The van der Waals surface area contributed by atoms with Crippen molar-refractivity contribution in [1.29, 1.82) is 5.26 Å². The monoisotopic (exact) mass is 412 g/mol. The van der Waals surface area contributed by atoms with Crippen LogP contribution in [0, 0.1) is 11.3 Å². The molecule has 0 radical (unpaired) electrons. The van der Waals surface area contributed by atoms with Gasteiger partial charge < -0.3 is 19.3 Å². The smallest absolute Gasteiger partial charge is 0.276 e. The van der Waals surface area contributed by atoms with Gasteiger partial charge in [0.2, 0.25) is 0 Å². The number of anilines is 1. The standard InChI is InChI=1S/C21H28N6O3/c1-3-29-20(30-4-2)16-27-15-19(23-24-27)21(28)26-11-5-10-25(12-13-26)18-8-6-17(14-22)7-9-18/h6-9,15,20H,3-5,10-13,16H2,1-2H3. The van der Waals surface area contributed by atoms with Gasteiger partial charge in [0.05, 0.1) is 24.4 Å². The van der Waals surface area contributed by atoms with E-state index < -0.39 is 6.29 Å². The normalized spacial score (nSPS) is 14.6. The fraction of sp³-hybridized carbons (Fsp3) is 0.524. The van der Waals surface area contributed by atoms with Gasteiger partial charge >= 0.3 is 0 Å². The number of carbonyl (C=O) groups excluding carboxylic acids is 1. The van der Waals surface area contributed by atoms with E-state index in [1.165, 1.54) is 0 Å². The van der Waals surface area contributed by atoms with Gasteiger partial charge in [0, 0.05) is 45.1 Å². The van der Waals surface area contributed by atoms with Crippen LogP contribution in [-0.2, 0) is 16.0 Å². The summed E-state index contributed by atoms with van der Waals surface area (Å²) >= 11 is 0. The van der Waals surface area contributed by atoms with Crippen LogP contribution in [0.2, 0.25) is 0 Å².